The Bertz CT molecular complexity index is 989. The SMILES string of the molecule is CCOc1ccc(S(=O)(=O)N2CSCC2C(=O)NCC2CC2)c2ccccc12. The zero-order valence-corrected chi connectivity index (χ0v) is 17.4. The molecule has 150 valence electrons. The van der Waals surface area contributed by atoms with Gasteiger partial charge in [0.25, 0.3) is 0 Å². The molecule has 1 saturated carbocycles. The van der Waals surface area contributed by atoms with Gasteiger partial charge in [0, 0.05) is 23.1 Å². The molecule has 0 radical (unpaired) electrons. The van der Waals surface area contributed by atoms with Crippen molar-refractivity contribution < 1.29 is 17.9 Å². The number of ether oxygens (including phenoxy) is 1. The average Bonchev–Trinajstić information content (AvgIpc) is 3.39. The summed E-state index contributed by atoms with van der Waals surface area (Å²) in [6.45, 7) is 3.04. The number of nitrogens with zero attached hydrogens (tertiary/aromatic N) is 1. The Morgan fingerprint density at radius 3 is 2.68 bits per heavy atom. The van der Waals surface area contributed by atoms with Crippen LogP contribution in [0.2, 0.25) is 0 Å². The van der Waals surface area contributed by atoms with Gasteiger partial charge in [0.15, 0.2) is 0 Å². The predicted molar refractivity (Wildman–Crippen MR) is 111 cm³/mol. The van der Waals surface area contributed by atoms with Gasteiger partial charge in [0.1, 0.15) is 11.8 Å². The van der Waals surface area contributed by atoms with Gasteiger partial charge in [-0.3, -0.25) is 4.79 Å². The van der Waals surface area contributed by atoms with Gasteiger partial charge in [-0.1, -0.05) is 24.3 Å². The van der Waals surface area contributed by atoms with Gasteiger partial charge in [-0.25, -0.2) is 8.42 Å². The van der Waals surface area contributed by atoms with Crippen LogP contribution >= 0.6 is 11.8 Å². The van der Waals surface area contributed by atoms with Gasteiger partial charge in [-0.05, 0) is 37.8 Å². The van der Waals surface area contributed by atoms with E-state index < -0.39 is 16.1 Å². The largest absolute Gasteiger partial charge is 0.493 e. The smallest absolute Gasteiger partial charge is 0.245 e. The maximum absolute atomic E-state index is 13.5. The summed E-state index contributed by atoms with van der Waals surface area (Å²) in [5, 5.41) is 4.29. The fourth-order valence-corrected chi connectivity index (χ4v) is 6.78. The van der Waals surface area contributed by atoms with Crippen LogP contribution in [0.15, 0.2) is 41.3 Å². The lowest BCUT2D eigenvalue weighted by molar-refractivity contribution is -0.123. The molecule has 8 heteroatoms. The number of hydrogen-bond donors (Lipinski definition) is 1. The Kier molecular flexibility index (Phi) is 5.53. The number of hydrogen-bond acceptors (Lipinski definition) is 5. The van der Waals surface area contributed by atoms with Crippen LogP contribution < -0.4 is 10.1 Å². The third-order valence-electron chi connectivity index (χ3n) is 5.14. The number of rotatable bonds is 7. The maximum Gasteiger partial charge on any atom is 0.245 e. The van der Waals surface area contributed by atoms with E-state index in [-0.39, 0.29) is 16.7 Å². The van der Waals surface area contributed by atoms with Crippen molar-refractivity contribution >= 4 is 38.5 Å². The van der Waals surface area contributed by atoms with Crippen molar-refractivity contribution in [2.24, 2.45) is 5.92 Å². The summed E-state index contributed by atoms with van der Waals surface area (Å²) in [5.74, 6) is 1.77. The molecule has 6 nitrogen and oxygen atoms in total. The fraction of sp³-hybridized carbons (Fsp3) is 0.450. The summed E-state index contributed by atoms with van der Waals surface area (Å²) in [7, 11) is -3.82. The topological polar surface area (TPSA) is 75.7 Å². The Hall–Kier alpha value is -1.77. The zero-order valence-electron chi connectivity index (χ0n) is 15.8. The maximum atomic E-state index is 13.5. The van der Waals surface area contributed by atoms with E-state index >= 15 is 0 Å². The lowest BCUT2D eigenvalue weighted by Gasteiger charge is -2.23. The number of amides is 1. The first kappa shape index (κ1) is 19.5. The van der Waals surface area contributed by atoms with E-state index in [2.05, 4.69) is 5.32 Å². The Balaban J connectivity index is 1.67. The number of sulfonamides is 1. The molecule has 1 amide bonds. The van der Waals surface area contributed by atoms with Crippen LogP contribution in [0.3, 0.4) is 0 Å². The summed E-state index contributed by atoms with van der Waals surface area (Å²) < 4.78 is 33.9. The van der Waals surface area contributed by atoms with Crippen molar-refractivity contribution in [3.8, 4) is 5.75 Å². The van der Waals surface area contributed by atoms with Gasteiger partial charge >= 0.3 is 0 Å². The first-order valence-electron chi connectivity index (χ1n) is 9.54. The minimum absolute atomic E-state index is 0.198. The minimum atomic E-state index is -3.82. The van der Waals surface area contributed by atoms with Crippen LogP contribution in [0.25, 0.3) is 10.8 Å². The second-order valence-corrected chi connectivity index (χ2v) is 10.00. The molecular formula is C20H24N2O4S2. The lowest BCUT2D eigenvalue weighted by atomic mass is 10.1. The number of benzene rings is 2. The van der Waals surface area contributed by atoms with Crippen molar-refractivity contribution in [1.82, 2.24) is 9.62 Å². The van der Waals surface area contributed by atoms with E-state index in [1.165, 1.54) is 16.1 Å². The van der Waals surface area contributed by atoms with Gasteiger partial charge in [-0.2, -0.15) is 4.31 Å². The minimum Gasteiger partial charge on any atom is -0.493 e. The third-order valence-corrected chi connectivity index (χ3v) is 8.23. The quantitative estimate of drug-likeness (QED) is 0.745. The molecule has 2 aliphatic rings. The van der Waals surface area contributed by atoms with Crippen molar-refractivity contribution in [1.29, 1.82) is 0 Å². The molecular weight excluding hydrogens is 396 g/mol. The number of carbonyl (C=O) groups is 1. The summed E-state index contributed by atoms with van der Waals surface area (Å²) >= 11 is 1.47. The molecule has 2 aromatic carbocycles. The Morgan fingerprint density at radius 1 is 1.21 bits per heavy atom. The Labute approximate surface area is 169 Å². The van der Waals surface area contributed by atoms with Gasteiger partial charge < -0.3 is 10.1 Å². The highest BCUT2D eigenvalue weighted by Gasteiger charge is 2.41. The molecule has 1 aliphatic heterocycles. The lowest BCUT2D eigenvalue weighted by Crippen LogP contribution is -2.47. The van der Waals surface area contributed by atoms with Crippen LogP contribution in [0, 0.1) is 5.92 Å². The van der Waals surface area contributed by atoms with Crippen LogP contribution in [0.4, 0.5) is 0 Å². The molecule has 1 atom stereocenters. The van der Waals surface area contributed by atoms with Crippen molar-refractivity contribution in [3.05, 3.63) is 36.4 Å². The standard InChI is InChI=1S/C20H24N2O4S2/c1-2-26-18-9-10-19(16-6-4-3-5-15(16)18)28(24,25)22-13-27-12-17(22)20(23)21-11-14-7-8-14/h3-6,9-10,14,17H,2,7-8,11-13H2,1H3,(H,21,23). The van der Waals surface area contributed by atoms with Crippen LogP contribution in [-0.2, 0) is 14.8 Å². The number of thioether (sulfide) groups is 1. The highest BCUT2D eigenvalue weighted by atomic mass is 32.2. The average molecular weight is 421 g/mol. The predicted octanol–water partition coefficient (Wildman–Crippen LogP) is 2.83. The fourth-order valence-electron chi connectivity index (χ4n) is 3.43. The summed E-state index contributed by atoms with van der Waals surface area (Å²) in [6, 6.07) is 9.94. The Morgan fingerprint density at radius 2 is 1.96 bits per heavy atom. The molecule has 1 unspecified atom stereocenters. The molecule has 1 saturated heterocycles. The van der Waals surface area contributed by atoms with Crippen molar-refractivity contribution in [2.75, 3.05) is 24.8 Å². The van der Waals surface area contributed by atoms with E-state index in [9.17, 15) is 13.2 Å². The first-order valence-corrected chi connectivity index (χ1v) is 12.1. The molecule has 0 aromatic heterocycles. The first-order chi connectivity index (χ1) is 13.5. The molecule has 1 aliphatic carbocycles. The zero-order chi connectivity index (χ0) is 19.7. The molecule has 1 heterocycles. The molecule has 0 bridgehead atoms. The van der Waals surface area contributed by atoms with Crippen molar-refractivity contribution in [3.63, 3.8) is 0 Å². The van der Waals surface area contributed by atoms with Gasteiger partial charge in [0.2, 0.25) is 15.9 Å². The molecule has 28 heavy (non-hydrogen) atoms. The monoisotopic (exact) mass is 420 g/mol. The second-order valence-electron chi connectivity index (χ2n) is 7.14. The van der Waals surface area contributed by atoms with Crippen LogP contribution in [0.5, 0.6) is 5.75 Å². The second kappa shape index (κ2) is 7.93. The van der Waals surface area contributed by atoms with E-state index in [4.69, 9.17) is 4.74 Å². The highest BCUT2D eigenvalue weighted by Crippen LogP contribution is 2.35. The van der Waals surface area contributed by atoms with Gasteiger partial charge in [-0.15, -0.1) is 11.8 Å². The van der Waals surface area contributed by atoms with E-state index in [1.54, 1.807) is 18.2 Å². The number of carbonyl (C=O) groups excluding carboxylic acids is 1. The summed E-state index contributed by atoms with van der Waals surface area (Å²) in [4.78, 5) is 12.8. The number of nitrogens with one attached hydrogen (secondary N) is 1. The molecule has 0 spiro atoms. The normalized spacial score (nSPS) is 20.4. The van der Waals surface area contributed by atoms with Crippen molar-refractivity contribution in [2.45, 2.75) is 30.7 Å². The molecule has 4 rings (SSSR count). The number of fused-ring (bicyclic) bond motifs is 1. The van der Waals surface area contributed by atoms with Gasteiger partial charge in [0.05, 0.1) is 17.4 Å². The van der Waals surface area contributed by atoms with E-state index in [1.807, 2.05) is 25.1 Å². The van der Waals surface area contributed by atoms with Crippen LogP contribution in [0.1, 0.15) is 19.8 Å². The molecule has 2 fully saturated rings. The highest BCUT2D eigenvalue weighted by molar-refractivity contribution is 8.00. The summed E-state index contributed by atoms with van der Waals surface area (Å²) in [6.07, 6.45) is 2.28. The van der Waals surface area contributed by atoms with E-state index in [0.29, 0.717) is 36.0 Å². The summed E-state index contributed by atoms with van der Waals surface area (Å²) in [5.41, 5.74) is 0. The third kappa shape index (κ3) is 3.73. The molecule has 2 aromatic rings. The van der Waals surface area contributed by atoms with E-state index in [0.717, 1.165) is 18.2 Å². The molecule has 1 N–H and O–H groups in total. The van der Waals surface area contributed by atoms with Crippen LogP contribution in [-0.4, -0.2) is 49.5 Å².